The Bertz CT molecular complexity index is 929. The van der Waals surface area contributed by atoms with Gasteiger partial charge in [-0.25, -0.2) is 14.0 Å². The van der Waals surface area contributed by atoms with Crippen LogP contribution in [0.15, 0.2) is 39.6 Å². The molecule has 0 radical (unpaired) electrons. The molecule has 7 heteroatoms. The molecular formula is C19H23N5O2. The number of aryl methyl sites for hydroxylation is 2. The van der Waals surface area contributed by atoms with Crippen molar-refractivity contribution in [3.8, 4) is 5.69 Å². The van der Waals surface area contributed by atoms with E-state index in [9.17, 15) is 4.79 Å². The minimum atomic E-state index is -0.128. The average molecular weight is 353 g/mol. The fourth-order valence-corrected chi connectivity index (χ4v) is 3.56. The predicted octanol–water partition coefficient (Wildman–Crippen LogP) is 2.15. The molecule has 1 saturated heterocycles. The largest absolute Gasteiger partial charge is 0.361 e. The van der Waals surface area contributed by atoms with Crippen molar-refractivity contribution in [2.45, 2.75) is 39.2 Å². The van der Waals surface area contributed by atoms with Crippen LogP contribution in [-0.2, 0) is 6.54 Å². The number of aromatic nitrogens is 4. The molecule has 0 aliphatic carbocycles. The lowest BCUT2D eigenvalue weighted by Crippen LogP contribution is -2.31. The number of hydrogen-bond acceptors (Lipinski definition) is 5. The first-order valence-corrected chi connectivity index (χ1v) is 9.03. The summed E-state index contributed by atoms with van der Waals surface area (Å²) in [5.74, 6) is 1.77. The quantitative estimate of drug-likeness (QED) is 0.778. The molecule has 1 N–H and O–H groups in total. The molecule has 0 spiro atoms. The lowest BCUT2D eigenvalue weighted by atomic mass is 9.99. The van der Waals surface area contributed by atoms with Crippen LogP contribution in [0.25, 0.3) is 5.69 Å². The summed E-state index contributed by atoms with van der Waals surface area (Å²) in [5.41, 5.74) is 2.43. The first-order chi connectivity index (χ1) is 12.6. The van der Waals surface area contributed by atoms with Crippen molar-refractivity contribution in [1.82, 2.24) is 24.8 Å². The van der Waals surface area contributed by atoms with Gasteiger partial charge in [-0.1, -0.05) is 23.4 Å². The van der Waals surface area contributed by atoms with Crippen molar-refractivity contribution in [1.29, 1.82) is 0 Å². The Morgan fingerprint density at radius 1 is 1.27 bits per heavy atom. The molecule has 0 saturated carbocycles. The van der Waals surface area contributed by atoms with Crippen LogP contribution in [0.3, 0.4) is 0 Å². The molecule has 3 aromatic rings. The molecule has 1 atom stereocenters. The molecule has 0 amide bonds. The van der Waals surface area contributed by atoms with Crippen LogP contribution in [-0.4, -0.2) is 32.6 Å². The van der Waals surface area contributed by atoms with Gasteiger partial charge in [0.15, 0.2) is 0 Å². The van der Waals surface area contributed by atoms with Gasteiger partial charge in [0.1, 0.15) is 11.6 Å². The highest BCUT2D eigenvalue weighted by atomic mass is 16.5. The molecule has 136 valence electrons. The second-order valence-electron chi connectivity index (χ2n) is 6.82. The number of hydrogen-bond donors (Lipinski definition) is 1. The molecule has 4 rings (SSSR count). The van der Waals surface area contributed by atoms with E-state index in [0.717, 1.165) is 54.5 Å². The van der Waals surface area contributed by atoms with Crippen LogP contribution in [0, 0.1) is 13.8 Å². The molecule has 0 bridgehead atoms. The van der Waals surface area contributed by atoms with Gasteiger partial charge in [-0.2, -0.15) is 5.10 Å². The van der Waals surface area contributed by atoms with Crippen molar-refractivity contribution in [2.75, 3.05) is 13.1 Å². The molecule has 0 unspecified atom stereocenters. The van der Waals surface area contributed by atoms with E-state index in [1.807, 2.05) is 44.2 Å². The van der Waals surface area contributed by atoms with Crippen LogP contribution in [0.4, 0.5) is 0 Å². The maximum Gasteiger partial charge on any atom is 0.350 e. The normalized spacial score (nSPS) is 17.5. The zero-order valence-corrected chi connectivity index (χ0v) is 15.1. The van der Waals surface area contributed by atoms with Crippen LogP contribution in [0.2, 0.25) is 0 Å². The van der Waals surface area contributed by atoms with Gasteiger partial charge < -0.3 is 9.84 Å². The number of para-hydroxylation sites is 1. The summed E-state index contributed by atoms with van der Waals surface area (Å²) in [6, 6.07) is 9.73. The van der Waals surface area contributed by atoms with Crippen LogP contribution in [0.5, 0.6) is 0 Å². The van der Waals surface area contributed by atoms with Crippen molar-refractivity contribution < 1.29 is 4.52 Å². The Balaban J connectivity index is 1.81. The van der Waals surface area contributed by atoms with Crippen molar-refractivity contribution in [3.63, 3.8) is 0 Å². The number of piperidine rings is 1. The predicted molar refractivity (Wildman–Crippen MR) is 97.7 cm³/mol. The monoisotopic (exact) mass is 353 g/mol. The zero-order chi connectivity index (χ0) is 18.1. The SMILES string of the molecule is Cc1noc(C)c1Cn1nc([C@H]2CCCNC2)n(-c2ccccc2)c1=O. The summed E-state index contributed by atoms with van der Waals surface area (Å²) in [5, 5.41) is 12.1. The Hall–Kier alpha value is -2.67. The van der Waals surface area contributed by atoms with Crippen molar-refractivity contribution in [2.24, 2.45) is 0 Å². The van der Waals surface area contributed by atoms with E-state index in [1.54, 1.807) is 4.57 Å². The summed E-state index contributed by atoms with van der Waals surface area (Å²) in [4.78, 5) is 13.2. The number of rotatable bonds is 4. The number of nitrogens with zero attached hydrogens (tertiary/aromatic N) is 4. The maximum atomic E-state index is 13.2. The van der Waals surface area contributed by atoms with E-state index in [-0.39, 0.29) is 11.6 Å². The summed E-state index contributed by atoms with van der Waals surface area (Å²) < 4.78 is 8.51. The van der Waals surface area contributed by atoms with Crippen molar-refractivity contribution >= 4 is 0 Å². The van der Waals surface area contributed by atoms with Crippen LogP contribution < -0.4 is 11.0 Å². The minimum absolute atomic E-state index is 0.128. The first-order valence-electron chi connectivity index (χ1n) is 9.03. The maximum absolute atomic E-state index is 13.2. The Morgan fingerprint density at radius 2 is 2.08 bits per heavy atom. The van der Waals surface area contributed by atoms with E-state index >= 15 is 0 Å². The van der Waals surface area contributed by atoms with E-state index in [2.05, 4.69) is 10.5 Å². The summed E-state index contributed by atoms with van der Waals surface area (Å²) in [7, 11) is 0. The van der Waals surface area contributed by atoms with Gasteiger partial charge in [0.05, 0.1) is 17.9 Å². The zero-order valence-electron chi connectivity index (χ0n) is 15.1. The number of benzene rings is 1. The third-order valence-corrected chi connectivity index (χ3v) is 5.03. The van der Waals surface area contributed by atoms with Gasteiger partial charge in [0.25, 0.3) is 0 Å². The van der Waals surface area contributed by atoms with Gasteiger partial charge in [0, 0.05) is 18.0 Å². The third-order valence-electron chi connectivity index (χ3n) is 5.03. The Labute approximate surface area is 151 Å². The highest BCUT2D eigenvalue weighted by Crippen LogP contribution is 2.23. The molecule has 1 fully saturated rings. The summed E-state index contributed by atoms with van der Waals surface area (Å²) in [6.45, 7) is 5.98. The summed E-state index contributed by atoms with van der Waals surface area (Å²) in [6.07, 6.45) is 2.12. The molecular weight excluding hydrogens is 330 g/mol. The van der Waals surface area contributed by atoms with Gasteiger partial charge in [-0.15, -0.1) is 0 Å². The molecule has 1 aliphatic heterocycles. The fourth-order valence-electron chi connectivity index (χ4n) is 3.56. The minimum Gasteiger partial charge on any atom is -0.361 e. The number of nitrogens with one attached hydrogen (secondary N) is 1. The molecule has 3 heterocycles. The first kappa shape index (κ1) is 16.8. The van der Waals surface area contributed by atoms with Crippen LogP contribution in [0.1, 0.15) is 41.6 Å². The lowest BCUT2D eigenvalue weighted by Gasteiger charge is -2.22. The van der Waals surface area contributed by atoms with Gasteiger partial charge in [-0.05, 0) is 45.4 Å². The van der Waals surface area contributed by atoms with Gasteiger partial charge >= 0.3 is 5.69 Å². The third kappa shape index (κ3) is 2.99. The second kappa shape index (κ2) is 6.92. The standard InChI is InChI=1S/C19H23N5O2/c1-13-17(14(2)26-22-13)12-23-19(25)24(16-8-4-3-5-9-16)18(21-23)15-7-6-10-20-11-15/h3-5,8-9,15,20H,6-7,10-12H2,1-2H3/t15-/m0/s1. The van der Waals surface area contributed by atoms with E-state index < -0.39 is 0 Å². The van der Waals surface area contributed by atoms with E-state index in [1.165, 1.54) is 4.68 Å². The molecule has 7 nitrogen and oxygen atoms in total. The molecule has 1 aromatic carbocycles. The fraction of sp³-hybridized carbons (Fsp3) is 0.421. The molecule has 26 heavy (non-hydrogen) atoms. The second-order valence-corrected chi connectivity index (χ2v) is 6.82. The Kier molecular flexibility index (Phi) is 4.46. The average Bonchev–Trinajstić information content (AvgIpc) is 3.17. The summed E-state index contributed by atoms with van der Waals surface area (Å²) >= 11 is 0. The Morgan fingerprint density at radius 3 is 2.73 bits per heavy atom. The van der Waals surface area contributed by atoms with Gasteiger partial charge in [0.2, 0.25) is 0 Å². The molecule has 2 aromatic heterocycles. The van der Waals surface area contributed by atoms with E-state index in [4.69, 9.17) is 9.62 Å². The topological polar surface area (TPSA) is 77.9 Å². The highest BCUT2D eigenvalue weighted by Gasteiger charge is 2.25. The lowest BCUT2D eigenvalue weighted by molar-refractivity contribution is 0.391. The molecule has 1 aliphatic rings. The smallest absolute Gasteiger partial charge is 0.350 e. The van der Waals surface area contributed by atoms with E-state index in [0.29, 0.717) is 6.54 Å². The van der Waals surface area contributed by atoms with Crippen molar-refractivity contribution in [3.05, 3.63) is 63.7 Å². The van der Waals surface area contributed by atoms with Gasteiger partial charge in [-0.3, -0.25) is 0 Å². The highest BCUT2D eigenvalue weighted by molar-refractivity contribution is 5.33. The van der Waals surface area contributed by atoms with Crippen LogP contribution >= 0.6 is 0 Å².